The molecule has 0 bridgehead atoms. The van der Waals surface area contributed by atoms with Crippen LogP contribution in [0.1, 0.15) is 16.7 Å². The van der Waals surface area contributed by atoms with Gasteiger partial charge in [0.25, 0.3) is 0 Å². The minimum absolute atomic E-state index is 0.388. The molecule has 5 heteroatoms. The fraction of sp³-hybridized carbons (Fsp3) is 0.500. The van der Waals surface area contributed by atoms with Crippen molar-refractivity contribution in [2.75, 3.05) is 19.9 Å². The van der Waals surface area contributed by atoms with Crippen LogP contribution < -0.4 is 9.46 Å². The fourth-order valence-corrected chi connectivity index (χ4v) is 2.30. The molecular weight excluding hydrogens is 238 g/mol. The molecule has 1 aromatic rings. The molecule has 96 valence electrons. The number of nitrogens with one attached hydrogen (secondary N) is 1. The lowest BCUT2D eigenvalue weighted by Crippen LogP contribution is -2.24. The summed E-state index contributed by atoms with van der Waals surface area (Å²) in [5.74, 6) is 0.817. The Kier molecular flexibility index (Phi) is 4.54. The minimum atomic E-state index is -3.13. The van der Waals surface area contributed by atoms with Crippen molar-refractivity contribution in [3.63, 3.8) is 0 Å². The average Bonchev–Trinajstić information content (AvgIpc) is 2.18. The lowest BCUT2D eigenvalue weighted by atomic mass is 10.0. The quantitative estimate of drug-likeness (QED) is 0.867. The molecule has 0 aliphatic rings. The Morgan fingerprint density at radius 2 is 1.94 bits per heavy atom. The van der Waals surface area contributed by atoms with E-state index in [4.69, 9.17) is 4.74 Å². The van der Waals surface area contributed by atoms with Gasteiger partial charge in [0.1, 0.15) is 5.75 Å². The van der Waals surface area contributed by atoms with Gasteiger partial charge in [0.05, 0.1) is 13.4 Å². The van der Waals surface area contributed by atoms with E-state index in [0.29, 0.717) is 13.0 Å². The summed E-state index contributed by atoms with van der Waals surface area (Å²) in [6.45, 7) is 4.40. The summed E-state index contributed by atoms with van der Waals surface area (Å²) in [5, 5.41) is 0. The van der Waals surface area contributed by atoms with Gasteiger partial charge in [0.15, 0.2) is 0 Å². The first-order chi connectivity index (χ1) is 7.83. The summed E-state index contributed by atoms with van der Waals surface area (Å²) in [5.41, 5.74) is 3.31. The Morgan fingerprint density at radius 3 is 2.47 bits per heavy atom. The van der Waals surface area contributed by atoms with Crippen LogP contribution in [0.5, 0.6) is 5.75 Å². The summed E-state index contributed by atoms with van der Waals surface area (Å²) < 4.78 is 29.7. The summed E-state index contributed by atoms with van der Waals surface area (Å²) in [6.07, 6.45) is 1.79. The largest absolute Gasteiger partial charge is 0.496 e. The minimum Gasteiger partial charge on any atom is -0.496 e. The molecule has 0 aromatic heterocycles. The molecule has 1 N–H and O–H groups in total. The van der Waals surface area contributed by atoms with Gasteiger partial charge < -0.3 is 4.74 Å². The van der Waals surface area contributed by atoms with Crippen molar-refractivity contribution >= 4 is 10.0 Å². The van der Waals surface area contributed by atoms with E-state index in [1.165, 1.54) is 0 Å². The van der Waals surface area contributed by atoms with Crippen LogP contribution in [0.4, 0.5) is 0 Å². The zero-order valence-corrected chi connectivity index (χ0v) is 11.5. The zero-order valence-electron chi connectivity index (χ0n) is 10.7. The molecule has 0 fully saturated rings. The Labute approximate surface area is 103 Å². The molecule has 0 aliphatic heterocycles. The lowest BCUT2D eigenvalue weighted by Gasteiger charge is -2.13. The monoisotopic (exact) mass is 257 g/mol. The summed E-state index contributed by atoms with van der Waals surface area (Å²) in [6, 6.07) is 4.03. The summed E-state index contributed by atoms with van der Waals surface area (Å²) in [4.78, 5) is 0. The molecule has 1 aromatic carbocycles. The lowest BCUT2D eigenvalue weighted by molar-refractivity contribution is 0.408. The van der Waals surface area contributed by atoms with Gasteiger partial charge in [-0.2, -0.15) is 0 Å². The Bertz CT molecular complexity index is 495. The van der Waals surface area contributed by atoms with E-state index >= 15 is 0 Å². The molecule has 0 radical (unpaired) electrons. The highest BCUT2D eigenvalue weighted by molar-refractivity contribution is 7.88. The highest BCUT2D eigenvalue weighted by atomic mass is 32.2. The van der Waals surface area contributed by atoms with Crippen LogP contribution in [-0.2, 0) is 16.4 Å². The number of benzene rings is 1. The maximum atomic E-state index is 11.0. The number of aryl methyl sites for hydroxylation is 2. The third-order valence-corrected chi connectivity index (χ3v) is 3.26. The zero-order chi connectivity index (χ0) is 13.1. The molecule has 0 atom stereocenters. The predicted molar refractivity (Wildman–Crippen MR) is 69.0 cm³/mol. The smallest absolute Gasteiger partial charge is 0.208 e. The predicted octanol–water partition coefficient (Wildman–Crippen LogP) is 1.40. The van der Waals surface area contributed by atoms with Crippen LogP contribution >= 0.6 is 0 Å². The first kappa shape index (κ1) is 14.0. The number of rotatable bonds is 5. The second-order valence-corrected chi connectivity index (χ2v) is 6.01. The SMILES string of the molecule is COc1cc(C)cc(C)c1CCNS(C)(=O)=O. The van der Waals surface area contributed by atoms with Crippen LogP contribution in [0.25, 0.3) is 0 Å². The van der Waals surface area contributed by atoms with Gasteiger partial charge >= 0.3 is 0 Å². The van der Waals surface area contributed by atoms with Crippen molar-refractivity contribution in [2.45, 2.75) is 20.3 Å². The Hall–Kier alpha value is -1.07. The number of methoxy groups -OCH3 is 1. The Balaban J connectivity index is 2.83. The van der Waals surface area contributed by atoms with Crippen LogP contribution in [0.2, 0.25) is 0 Å². The molecule has 17 heavy (non-hydrogen) atoms. The van der Waals surface area contributed by atoms with Gasteiger partial charge in [-0.05, 0) is 43.0 Å². The molecule has 0 saturated heterocycles. The summed E-state index contributed by atoms with van der Waals surface area (Å²) in [7, 11) is -1.50. The van der Waals surface area contributed by atoms with Gasteiger partial charge in [-0.3, -0.25) is 0 Å². The Morgan fingerprint density at radius 1 is 1.29 bits per heavy atom. The van der Waals surface area contributed by atoms with Gasteiger partial charge in [0, 0.05) is 6.54 Å². The van der Waals surface area contributed by atoms with Crippen molar-refractivity contribution in [2.24, 2.45) is 0 Å². The molecule has 0 unspecified atom stereocenters. The van der Waals surface area contributed by atoms with Crippen LogP contribution in [-0.4, -0.2) is 28.3 Å². The van der Waals surface area contributed by atoms with E-state index in [1.807, 2.05) is 19.9 Å². The van der Waals surface area contributed by atoms with Crippen LogP contribution in [0, 0.1) is 13.8 Å². The maximum absolute atomic E-state index is 11.0. The van der Waals surface area contributed by atoms with Gasteiger partial charge in [-0.15, -0.1) is 0 Å². The first-order valence-electron chi connectivity index (χ1n) is 5.42. The van der Waals surface area contributed by atoms with E-state index < -0.39 is 10.0 Å². The maximum Gasteiger partial charge on any atom is 0.208 e. The molecule has 0 heterocycles. The molecule has 1 rings (SSSR count). The van der Waals surface area contributed by atoms with Crippen molar-refractivity contribution < 1.29 is 13.2 Å². The second kappa shape index (κ2) is 5.51. The molecular formula is C12H19NO3S. The van der Waals surface area contributed by atoms with E-state index in [9.17, 15) is 8.42 Å². The standard InChI is InChI=1S/C12H19NO3S/c1-9-7-10(2)11(12(8-9)16-3)5-6-13-17(4,14)15/h7-8,13H,5-6H2,1-4H3. The van der Waals surface area contributed by atoms with E-state index in [1.54, 1.807) is 7.11 Å². The summed E-state index contributed by atoms with van der Waals surface area (Å²) >= 11 is 0. The highest BCUT2D eigenvalue weighted by Crippen LogP contribution is 2.24. The third-order valence-electron chi connectivity index (χ3n) is 2.54. The van der Waals surface area contributed by atoms with Crippen molar-refractivity contribution in [3.8, 4) is 5.75 Å². The molecule has 4 nitrogen and oxygen atoms in total. The second-order valence-electron chi connectivity index (χ2n) is 4.18. The molecule has 0 saturated carbocycles. The average molecular weight is 257 g/mol. The first-order valence-corrected chi connectivity index (χ1v) is 7.31. The van der Waals surface area contributed by atoms with Crippen molar-refractivity contribution in [1.82, 2.24) is 4.72 Å². The number of ether oxygens (including phenoxy) is 1. The number of hydrogen-bond donors (Lipinski definition) is 1. The molecule has 0 amide bonds. The van der Waals surface area contributed by atoms with Gasteiger partial charge in [-0.25, -0.2) is 13.1 Å². The topological polar surface area (TPSA) is 55.4 Å². The van der Waals surface area contributed by atoms with Crippen LogP contribution in [0.3, 0.4) is 0 Å². The van der Waals surface area contributed by atoms with E-state index in [-0.39, 0.29) is 0 Å². The third kappa shape index (κ3) is 4.36. The normalized spacial score (nSPS) is 11.5. The number of hydrogen-bond acceptors (Lipinski definition) is 3. The van der Waals surface area contributed by atoms with E-state index in [2.05, 4.69) is 10.8 Å². The van der Waals surface area contributed by atoms with Gasteiger partial charge in [0.2, 0.25) is 10.0 Å². The fourth-order valence-electron chi connectivity index (χ4n) is 1.82. The van der Waals surface area contributed by atoms with Crippen molar-refractivity contribution in [3.05, 3.63) is 28.8 Å². The highest BCUT2D eigenvalue weighted by Gasteiger charge is 2.08. The molecule has 0 aliphatic carbocycles. The van der Waals surface area contributed by atoms with Gasteiger partial charge in [-0.1, -0.05) is 6.07 Å². The van der Waals surface area contributed by atoms with Crippen LogP contribution in [0.15, 0.2) is 12.1 Å². The van der Waals surface area contributed by atoms with Crippen molar-refractivity contribution in [1.29, 1.82) is 0 Å². The number of sulfonamides is 1. The van der Waals surface area contributed by atoms with E-state index in [0.717, 1.165) is 28.7 Å². The molecule has 0 spiro atoms.